The Morgan fingerprint density at radius 3 is 2.59 bits per heavy atom. The van der Waals surface area contributed by atoms with Gasteiger partial charge >= 0.3 is 5.97 Å². The van der Waals surface area contributed by atoms with Crippen molar-refractivity contribution in [3.63, 3.8) is 0 Å². The van der Waals surface area contributed by atoms with Gasteiger partial charge in [0.25, 0.3) is 0 Å². The zero-order valence-corrected chi connectivity index (χ0v) is 11.8. The summed E-state index contributed by atoms with van der Waals surface area (Å²) in [6.45, 7) is 2.40. The van der Waals surface area contributed by atoms with Gasteiger partial charge in [-0.1, -0.05) is 18.2 Å². The first kappa shape index (κ1) is 14.3. The molecule has 0 aliphatic carbocycles. The van der Waals surface area contributed by atoms with E-state index in [0.29, 0.717) is 37.8 Å². The third-order valence-corrected chi connectivity index (χ3v) is 3.50. The lowest BCUT2D eigenvalue weighted by atomic mass is 10.1. The van der Waals surface area contributed by atoms with Gasteiger partial charge in [-0.3, -0.25) is 4.79 Å². The molecule has 0 saturated carbocycles. The van der Waals surface area contributed by atoms with Crippen LogP contribution in [-0.4, -0.2) is 37.4 Å². The molecule has 0 atom stereocenters. The number of carboxylic acid groups (broad SMARTS) is 1. The van der Waals surface area contributed by atoms with Gasteiger partial charge in [0.15, 0.2) is 11.3 Å². The highest BCUT2D eigenvalue weighted by molar-refractivity contribution is 5.95. The summed E-state index contributed by atoms with van der Waals surface area (Å²) in [4.78, 5) is 25.2. The highest BCUT2D eigenvalue weighted by atomic mass is 16.5. The van der Waals surface area contributed by atoms with Gasteiger partial charge in [-0.15, -0.1) is 0 Å². The van der Waals surface area contributed by atoms with Gasteiger partial charge < -0.3 is 19.2 Å². The number of ether oxygens (including phenoxy) is 1. The Morgan fingerprint density at radius 2 is 1.86 bits per heavy atom. The molecule has 1 N–H and O–H groups in total. The van der Waals surface area contributed by atoms with Crippen molar-refractivity contribution in [2.24, 2.45) is 0 Å². The lowest BCUT2D eigenvalue weighted by Gasteiger charge is -2.27. The number of morpholine rings is 1. The zero-order chi connectivity index (χ0) is 15.5. The van der Waals surface area contributed by atoms with Crippen molar-refractivity contribution in [2.75, 3.05) is 31.2 Å². The van der Waals surface area contributed by atoms with Crippen LogP contribution in [0.4, 0.5) is 5.88 Å². The van der Waals surface area contributed by atoms with Crippen LogP contribution >= 0.6 is 0 Å². The fraction of sp³-hybridized carbons (Fsp3) is 0.250. The Hall–Kier alpha value is -2.60. The smallest absolute Gasteiger partial charge is 0.336 e. The summed E-state index contributed by atoms with van der Waals surface area (Å²) in [5, 5.41) is 9.27. The fourth-order valence-electron chi connectivity index (χ4n) is 2.42. The van der Waals surface area contributed by atoms with E-state index in [0.717, 1.165) is 0 Å². The number of carboxylic acids is 1. The van der Waals surface area contributed by atoms with Crippen LogP contribution in [0.3, 0.4) is 0 Å². The van der Waals surface area contributed by atoms with E-state index in [9.17, 15) is 14.7 Å². The van der Waals surface area contributed by atoms with Gasteiger partial charge in [0.1, 0.15) is 5.76 Å². The Kier molecular flexibility index (Phi) is 3.93. The van der Waals surface area contributed by atoms with Crippen LogP contribution in [0.5, 0.6) is 0 Å². The maximum atomic E-state index is 11.9. The number of carbonyl (C=O) groups is 1. The number of benzene rings is 1. The molecular weight excluding hydrogens is 286 g/mol. The monoisotopic (exact) mass is 301 g/mol. The average molecular weight is 301 g/mol. The first-order valence-electron chi connectivity index (χ1n) is 6.96. The molecule has 0 bridgehead atoms. The molecule has 0 spiro atoms. The number of nitrogens with zero attached hydrogens (tertiary/aromatic N) is 1. The van der Waals surface area contributed by atoms with Crippen molar-refractivity contribution in [2.45, 2.75) is 0 Å². The molecule has 2 aromatic rings. The summed E-state index contributed by atoms with van der Waals surface area (Å²) in [5.74, 6) is -0.368. The van der Waals surface area contributed by atoms with Crippen molar-refractivity contribution in [3.05, 3.63) is 52.2 Å². The van der Waals surface area contributed by atoms with Crippen LogP contribution in [0.1, 0.15) is 10.4 Å². The molecule has 22 heavy (non-hydrogen) atoms. The van der Waals surface area contributed by atoms with Crippen LogP contribution in [0.25, 0.3) is 11.3 Å². The molecule has 1 fully saturated rings. The second kappa shape index (κ2) is 6.03. The normalized spacial score (nSPS) is 14.8. The summed E-state index contributed by atoms with van der Waals surface area (Å²) in [6.07, 6.45) is 0. The van der Waals surface area contributed by atoms with Gasteiger partial charge in [0, 0.05) is 30.8 Å². The number of aromatic carboxylic acids is 1. The van der Waals surface area contributed by atoms with Crippen molar-refractivity contribution in [3.8, 4) is 11.3 Å². The lowest BCUT2D eigenvalue weighted by molar-refractivity contribution is 0.0697. The van der Waals surface area contributed by atoms with Gasteiger partial charge in [-0.2, -0.15) is 0 Å². The Morgan fingerprint density at radius 1 is 1.14 bits per heavy atom. The SMILES string of the molecule is O=C(O)c1ccccc1-c1cc(=O)cc(N2CCOCC2)o1. The molecule has 6 heteroatoms. The molecule has 0 radical (unpaired) electrons. The number of hydrogen-bond acceptors (Lipinski definition) is 5. The zero-order valence-electron chi connectivity index (χ0n) is 11.8. The van der Waals surface area contributed by atoms with Gasteiger partial charge in [0.2, 0.25) is 0 Å². The highest BCUT2D eigenvalue weighted by Gasteiger charge is 2.18. The summed E-state index contributed by atoms with van der Waals surface area (Å²) >= 11 is 0. The second-order valence-electron chi connectivity index (χ2n) is 4.95. The Balaban J connectivity index is 2.06. The second-order valence-corrected chi connectivity index (χ2v) is 4.95. The highest BCUT2D eigenvalue weighted by Crippen LogP contribution is 2.26. The molecule has 6 nitrogen and oxygen atoms in total. The molecule has 1 saturated heterocycles. The van der Waals surface area contributed by atoms with Crippen LogP contribution < -0.4 is 10.3 Å². The number of rotatable bonds is 3. The van der Waals surface area contributed by atoms with E-state index in [2.05, 4.69) is 0 Å². The maximum Gasteiger partial charge on any atom is 0.336 e. The predicted molar refractivity (Wildman–Crippen MR) is 80.4 cm³/mol. The molecular formula is C16H15NO5. The molecule has 114 valence electrons. The van der Waals surface area contributed by atoms with E-state index in [1.54, 1.807) is 18.2 Å². The van der Waals surface area contributed by atoms with E-state index < -0.39 is 5.97 Å². The fourth-order valence-corrected chi connectivity index (χ4v) is 2.42. The average Bonchev–Trinajstić information content (AvgIpc) is 2.55. The predicted octanol–water partition coefficient (Wildman–Crippen LogP) is 1.84. The quantitative estimate of drug-likeness (QED) is 0.932. The molecule has 2 heterocycles. The van der Waals surface area contributed by atoms with Crippen LogP contribution in [-0.2, 0) is 4.74 Å². The van der Waals surface area contributed by atoms with Gasteiger partial charge in [-0.05, 0) is 6.07 Å². The Labute approximate surface area is 126 Å². The van der Waals surface area contributed by atoms with Crippen LogP contribution in [0, 0.1) is 0 Å². The van der Waals surface area contributed by atoms with E-state index in [-0.39, 0.29) is 16.8 Å². The summed E-state index contributed by atoms with van der Waals surface area (Å²) < 4.78 is 11.1. The van der Waals surface area contributed by atoms with Gasteiger partial charge in [0.05, 0.1) is 18.8 Å². The summed E-state index contributed by atoms with van der Waals surface area (Å²) in [6, 6.07) is 9.19. The number of hydrogen-bond donors (Lipinski definition) is 1. The molecule has 1 aliphatic heterocycles. The molecule has 1 aromatic carbocycles. The van der Waals surface area contributed by atoms with Crippen molar-refractivity contribution >= 4 is 11.9 Å². The summed E-state index contributed by atoms with van der Waals surface area (Å²) in [5.41, 5.74) is 0.273. The summed E-state index contributed by atoms with van der Waals surface area (Å²) in [7, 11) is 0. The van der Waals surface area contributed by atoms with Crippen molar-refractivity contribution < 1.29 is 19.1 Å². The molecule has 1 aromatic heterocycles. The molecule has 0 amide bonds. The molecule has 0 unspecified atom stereocenters. The van der Waals surface area contributed by atoms with Crippen molar-refractivity contribution in [1.82, 2.24) is 0 Å². The lowest BCUT2D eigenvalue weighted by Crippen LogP contribution is -2.36. The first-order chi connectivity index (χ1) is 10.6. The first-order valence-corrected chi connectivity index (χ1v) is 6.96. The van der Waals surface area contributed by atoms with E-state index >= 15 is 0 Å². The molecule has 3 rings (SSSR count). The minimum atomic E-state index is -1.06. The minimum Gasteiger partial charge on any atom is -0.478 e. The minimum absolute atomic E-state index is 0.102. The van der Waals surface area contributed by atoms with E-state index in [1.165, 1.54) is 18.2 Å². The topological polar surface area (TPSA) is 80.0 Å². The third-order valence-electron chi connectivity index (χ3n) is 3.50. The van der Waals surface area contributed by atoms with Gasteiger partial charge in [-0.25, -0.2) is 4.79 Å². The van der Waals surface area contributed by atoms with Crippen LogP contribution in [0.2, 0.25) is 0 Å². The van der Waals surface area contributed by atoms with Crippen LogP contribution in [0.15, 0.2) is 45.6 Å². The third kappa shape index (κ3) is 2.87. The van der Waals surface area contributed by atoms with E-state index in [1.807, 2.05) is 4.90 Å². The largest absolute Gasteiger partial charge is 0.478 e. The van der Waals surface area contributed by atoms with E-state index in [4.69, 9.17) is 9.15 Å². The Bertz CT molecular complexity index is 746. The molecule has 1 aliphatic rings. The van der Waals surface area contributed by atoms with Crippen molar-refractivity contribution in [1.29, 1.82) is 0 Å². The maximum absolute atomic E-state index is 11.9. The standard InChI is InChI=1S/C16H15NO5/c18-11-9-14(12-3-1-2-4-13(12)16(19)20)22-15(10-11)17-5-7-21-8-6-17/h1-4,9-10H,5-8H2,(H,19,20). The number of anilines is 1.